The molecule has 3 heterocycles. The maximum atomic E-state index is 6.25. The normalized spacial score (nSPS) is 10.5. The molecule has 0 bridgehead atoms. The Balaban J connectivity index is 2.02. The molecule has 0 aliphatic heterocycles. The van der Waals surface area contributed by atoms with Gasteiger partial charge in [-0.15, -0.1) is 11.3 Å². The van der Waals surface area contributed by atoms with Crippen molar-refractivity contribution in [2.45, 2.75) is 6.54 Å². The third-order valence-electron chi connectivity index (χ3n) is 2.76. The zero-order valence-electron chi connectivity index (χ0n) is 10.7. The second kappa shape index (κ2) is 6.34. The lowest BCUT2D eigenvalue weighted by molar-refractivity contribution is 1.01. The summed E-state index contributed by atoms with van der Waals surface area (Å²) < 4.78 is 3.68. The Morgan fingerprint density at radius 1 is 1.19 bits per heavy atom. The van der Waals surface area contributed by atoms with E-state index in [0.717, 1.165) is 26.8 Å². The lowest BCUT2D eigenvalue weighted by atomic mass is 10.3. The first-order chi connectivity index (χ1) is 10.3. The molecule has 0 saturated heterocycles. The molecule has 0 saturated carbocycles. The molecule has 3 rings (SSSR count). The number of aromatic nitrogens is 3. The van der Waals surface area contributed by atoms with Gasteiger partial charge in [-0.3, -0.25) is 4.98 Å². The molecular formula is C14H9ClN4S2. The summed E-state index contributed by atoms with van der Waals surface area (Å²) in [6.07, 6.45) is 3.49. The van der Waals surface area contributed by atoms with Gasteiger partial charge < -0.3 is 0 Å². The average molecular weight is 333 g/mol. The standard InChI is InChI=1S/C14H9ClN4S2/c15-13-12(11-5-1-4-10(18-11)8-17-20)21-14(19-13)9-3-2-6-16-7-9/h1-7H,8H2. The number of thiazole rings is 1. The highest BCUT2D eigenvalue weighted by Gasteiger charge is 2.14. The van der Waals surface area contributed by atoms with E-state index in [2.05, 4.69) is 31.7 Å². The van der Waals surface area contributed by atoms with Crippen molar-refractivity contribution in [3.05, 3.63) is 53.6 Å². The maximum Gasteiger partial charge on any atom is 0.150 e. The van der Waals surface area contributed by atoms with E-state index in [1.165, 1.54) is 11.3 Å². The highest BCUT2D eigenvalue weighted by atomic mass is 35.5. The molecule has 0 aliphatic carbocycles. The molecule has 3 aromatic rings. The molecule has 0 N–H and O–H groups in total. The lowest BCUT2D eigenvalue weighted by Crippen LogP contribution is -1.89. The molecule has 3 aromatic heterocycles. The molecule has 0 aliphatic rings. The molecule has 0 amide bonds. The Kier molecular flexibility index (Phi) is 4.28. The first-order valence-corrected chi connectivity index (χ1v) is 7.66. The predicted molar refractivity (Wildman–Crippen MR) is 87.1 cm³/mol. The van der Waals surface area contributed by atoms with Crippen LogP contribution >= 0.6 is 22.9 Å². The van der Waals surface area contributed by atoms with Crippen molar-refractivity contribution in [1.82, 2.24) is 15.0 Å². The fourth-order valence-corrected chi connectivity index (χ4v) is 3.23. The van der Waals surface area contributed by atoms with Crippen molar-refractivity contribution in [3.8, 4) is 21.1 Å². The van der Waals surface area contributed by atoms with Gasteiger partial charge in [0.25, 0.3) is 0 Å². The van der Waals surface area contributed by atoms with Crippen LogP contribution in [0.25, 0.3) is 21.1 Å². The number of hydrogen-bond donors (Lipinski definition) is 0. The smallest absolute Gasteiger partial charge is 0.150 e. The number of pyridine rings is 2. The monoisotopic (exact) mass is 332 g/mol. The van der Waals surface area contributed by atoms with Crippen molar-refractivity contribution < 1.29 is 0 Å². The molecular weight excluding hydrogens is 324 g/mol. The van der Waals surface area contributed by atoms with Gasteiger partial charge in [0.15, 0.2) is 0 Å². The Hall–Kier alpha value is -1.76. The Morgan fingerprint density at radius 3 is 2.86 bits per heavy atom. The van der Waals surface area contributed by atoms with Crippen molar-refractivity contribution in [2.75, 3.05) is 0 Å². The predicted octanol–water partition coefficient (Wildman–Crippen LogP) is 4.15. The number of hydrogen-bond acceptors (Lipinski definition) is 6. The van der Waals surface area contributed by atoms with E-state index in [4.69, 9.17) is 11.6 Å². The summed E-state index contributed by atoms with van der Waals surface area (Å²) in [5.74, 6) is 0. The SMILES string of the molecule is S=NCc1cccc(-c2sc(-c3cccnc3)nc2Cl)n1. The van der Waals surface area contributed by atoms with E-state index < -0.39 is 0 Å². The molecule has 0 fully saturated rings. The third-order valence-corrected chi connectivity index (χ3v) is 4.40. The minimum atomic E-state index is 0.412. The zero-order chi connectivity index (χ0) is 14.7. The van der Waals surface area contributed by atoms with E-state index >= 15 is 0 Å². The first-order valence-electron chi connectivity index (χ1n) is 6.10. The number of rotatable bonds is 4. The quantitative estimate of drug-likeness (QED) is 0.720. The molecule has 0 unspecified atom stereocenters. The van der Waals surface area contributed by atoms with Gasteiger partial charge in [-0.2, -0.15) is 0 Å². The van der Waals surface area contributed by atoms with Crippen LogP contribution in [-0.2, 0) is 19.0 Å². The highest BCUT2D eigenvalue weighted by Crippen LogP contribution is 2.37. The van der Waals surface area contributed by atoms with Gasteiger partial charge in [0.1, 0.15) is 10.2 Å². The van der Waals surface area contributed by atoms with Gasteiger partial charge in [-0.05, 0) is 24.3 Å². The number of nitrogens with zero attached hydrogens (tertiary/aromatic N) is 4. The Bertz CT molecular complexity index is 774. The molecule has 0 spiro atoms. The second-order valence-corrected chi connectivity index (χ2v) is 5.80. The van der Waals surface area contributed by atoms with Crippen molar-refractivity contribution >= 4 is 35.4 Å². The van der Waals surface area contributed by atoms with Crippen LogP contribution in [0.4, 0.5) is 0 Å². The largest absolute Gasteiger partial charge is 0.264 e. The van der Waals surface area contributed by atoms with Crippen molar-refractivity contribution in [2.24, 2.45) is 4.36 Å². The summed E-state index contributed by atoms with van der Waals surface area (Å²) in [6, 6.07) is 9.52. The van der Waals surface area contributed by atoms with Crippen LogP contribution in [0.3, 0.4) is 0 Å². The summed E-state index contributed by atoms with van der Waals surface area (Å²) in [4.78, 5) is 13.8. The van der Waals surface area contributed by atoms with Crippen LogP contribution < -0.4 is 0 Å². The Labute approximate surface area is 136 Å². The van der Waals surface area contributed by atoms with E-state index in [-0.39, 0.29) is 0 Å². The first kappa shape index (κ1) is 14.2. The van der Waals surface area contributed by atoms with Gasteiger partial charge in [-0.25, -0.2) is 14.3 Å². The van der Waals surface area contributed by atoms with Crippen LogP contribution in [0.15, 0.2) is 47.1 Å². The molecule has 0 aromatic carbocycles. The summed E-state index contributed by atoms with van der Waals surface area (Å²) >= 11 is 12.4. The fraction of sp³-hybridized carbons (Fsp3) is 0.0714. The van der Waals surface area contributed by atoms with Gasteiger partial charge in [0, 0.05) is 30.4 Å². The molecule has 7 heteroatoms. The average Bonchev–Trinajstić information content (AvgIpc) is 2.91. The molecule has 21 heavy (non-hydrogen) atoms. The van der Waals surface area contributed by atoms with E-state index in [9.17, 15) is 0 Å². The van der Waals surface area contributed by atoms with E-state index in [1.54, 1.807) is 12.4 Å². The molecule has 104 valence electrons. The topological polar surface area (TPSA) is 51.0 Å². The molecule has 4 nitrogen and oxygen atoms in total. The van der Waals surface area contributed by atoms with E-state index in [0.29, 0.717) is 11.7 Å². The minimum absolute atomic E-state index is 0.412. The minimum Gasteiger partial charge on any atom is -0.264 e. The highest BCUT2D eigenvalue weighted by molar-refractivity contribution is 7.47. The van der Waals surface area contributed by atoms with E-state index in [1.807, 2.05) is 30.3 Å². The van der Waals surface area contributed by atoms with Crippen LogP contribution in [0, 0.1) is 0 Å². The molecule has 0 atom stereocenters. The zero-order valence-corrected chi connectivity index (χ0v) is 13.1. The summed E-state index contributed by atoms with van der Waals surface area (Å²) in [6.45, 7) is 0.412. The van der Waals surface area contributed by atoms with Crippen LogP contribution in [0.2, 0.25) is 5.15 Å². The van der Waals surface area contributed by atoms with Gasteiger partial charge in [0.05, 0.1) is 22.8 Å². The lowest BCUT2D eigenvalue weighted by Gasteiger charge is -1.99. The fourth-order valence-electron chi connectivity index (χ4n) is 1.83. The van der Waals surface area contributed by atoms with Crippen LogP contribution in [0.1, 0.15) is 5.69 Å². The van der Waals surface area contributed by atoms with Gasteiger partial charge in [0.2, 0.25) is 0 Å². The van der Waals surface area contributed by atoms with Gasteiger partial charge in [-0.1, -0.05) is 17.7 Å². The maximum absolute atomic E-state index is 6.25. The van der Waals surface area contributed by atoms with Crippen molar-refractivity contribution in [1.29, 1.82) is 0 Å². The summed E-state index contributed by atoms with van der Waals surface area (Å²) in [5.41, 5.74) is 2.53. The third kappa shape index (κ3) is 3.12. The Morgan fingerprint density at radius 2 is 2.10 bits per heavy atom. The number of halogens is 1. The second-order valence-electron chi connectivity index (χ2n) is 4.18. The molecule has 0 radical (unpaired) electrons. The summed E-state index contributed by atoms with van der Waals surface area (Å²) in [7, 11) is 0. The van der Waals surface area contributed by atoms with Crippen molar-refractivity contribution in [3.63, 3.8) is 0 Å². The van der Waals surface area contributed by atoms with Gasteiger partial charge >= 0.3 is 0 Å². The van der Waals surface area contributed by atoms with Crippen LogP contribution in [-0.4, -0.2) is 15.0 Å². The van der Waals surface area contributed by atoms with Crippen LogP contribution in [0.5, 0.6) is 0 Å². The summed E-state index contributed by atoms with van der Waals surface area (Å²) in [5, 5.41) is 1.27.